The third-order valence-electron chi connectivity index (χ3n) is 12.2. The first-order valence-electron chi connectivity index (χ1n) is 20.1. The number of anilines is 2. The number of urea groups is 1. The molecule has 3 N–H and O–H groups in total. The molecule has 2 aromatic carbocycles. The first kappa shape index (κ1) is 43.3. The van der Waals surface area contributed by atoms with E-state index in [0.717, 1.165) is 17.3 Å². The predicted octanol–water partition coefficient (Wildman–Crippen LogP) is 5.74. The van der Waals surface area contributed by atoms with Crippen LogP contribution in [0.15, 0.2) is 36.4 Å². The second kappa shape index (κ2) is 18.3. The van der Waals surface area contributed by atoms with Crippen LogP contribution in [0.1, 0.15) is 62.1 Å². The molecule has 0 unspecified atom stereocenters. The summed E-state index contributed by atoms with van der Waals surface area (Å²) in [6.45, 7) is 6.16. The second-order valence-electron chi connectivity index (χ2n) is 16.5. The van der Waals surface area contributed by atoms with E-state index in [0.29, 0.717) is 90.8 Å². The number of hydrogen-bond acceptors (Lipinski definition) is 9. The Hall–Kier alpha value is -4.28. The van der Waals surface area contributed by atoms with Gasteiger partial charge in [0.1, 0.15) is 6.61 Å². The number of nitrogens with two attached hydrogens (primary N) is 1. The number of nitrogens with one attached hydrogen (secondary N) is 1. The van der Waals surface area contributed by atoms with Crippen molar-refractivity contribution >= 4 is 47.0 Å². The summed E-state index contributed by atoms with van der Waals surface area (Å²) in [5, 5.41) is 2.67. The molecule has 0 radical (unpaired) electrons. The van der Waals surface area contributed by atoms with Crippen molar-refractivity contribution in [3.8, 4) is 0 Å². The van der Waals surface area contributed by atoms with Gasteiger partial charge in [0, 0.05) is 63.5 Å². The van der Waals surface area contributed by atoms with Gasteiger partial charge >= 0.3 is 24.3 Å². The van der Waals surface area contributed by atoms with Crippen LogP contribution in [0.5, 0.6) is 0 Å². The summed E-state index contributed by atoms with van der Waals surface area (Å²) >= 11 is 6.15. The molecule has 17 heteroatoms. The number of benzene rings is 2. The number of fused-ring (bicyclic) bond motifs is 1. The summed E-state index contributed by atoms with van der Waals surface area (Å²) in [6.07, 6.45) is -3.05. The molecule has 0 saturated carbocycles. The van der Waals surface area contributed by atoms with Crippen LogP contribution < -0.4 is 11.1 Å². The first-order chi connectivity index (χ1) is 27.5. The highest BCUT2D eigenvalue weighted by Gasteiger charge is 2.42. The van der Waals surface area contributed by atoms with Crippen molar-refractivity contribution in [2.75, 3.05) is 84.1 Å². The van der Waals surface area contributed by atoms with Crippen LogP contribution in [-0.2, 0) is 38.1 Å². The average Bonchev–Trinajstić information content (AvgIpc) is 3.36. The summed E-state index contributed by atoms with van der Waals surface area (Å²) in [5.41, 5.74) is 5.26. The Balaban J connectivity index is 1.08. The van der Waals surface area contributed by atoms with Crippen molar-refractivity contribution in [2.24, 2.45) is 5.41 Å². The minimum atomic E-state index is -4.79. The Morgan fingerprint density at radius 3 is 2.26 bits per heavy atom. The maximum atomic E-state index is 14.2. The van der Waals surface area contributed by atoms with Gasteiger partial charge in [-0.05, 0) is 108 Å². The van der Waals surface area contributed by atoms with E-state index in [1.807, 2.05) is 50.2 Å². The lowest BCUT2D eigenvalue weighted by Gasteiger charge is -2.44. The molecule has 13 nitrogen and oxygen atoms in total. The number of carbonyl (C=O) groups is 4. The predicted molar refractivity (Wildman–Crippen MR) is 213 cm³/mol. The van der Waals surface area contributed by atoms with Crippen LogP contribution in [0.25, 0.3) is 0 Å². The summed E-state index contributed by atoms with van der Waals surface area (Å²) in [5.74, 6) is -0.684. The molecule has 0 aliphatic carbocycles. The number of hydrogen-bond donors (Lipinski definition) is 2. The zero-order chi connectivity index (χ0) is 41.8. The van der Waals surface area contributed by atoms with Crippen molar-refractivity contribution in [1.29, 1.82) is 0 Å². The molecular formula is C41H55ClF3N7O6. The number of carbonyl (C=O) groups excluding carboxylic acids is 4. The van der Waals surface area contributed by atoms with Crippen molar-refractivity contribution in [3.05, 3.63) is 58.1 Å². The molecule has 6 rings (SSSR count). The van der Waals surface area contributed by atoms with Crippen molar-refractivity contribution < 1.29 is 41.8 Å². The van der Waals surface area contributed by atoms with Gasteiger partial charge in [-0.15, -0.1) is 0 Å². The third kappa shape index (κ3) is 10.3. The van der Waals surface area contributed by atoms with Gasteiger partial charge in [0.15, 0.2) is 6.10 Å². The number of ether oxygens (including phenoxy) is 2. The zero-order valence-corrected chi connectivity index (χ0v) is 34.2. The number of likely N-dealkylation sites (tertiary alicyclic amines) is 3. The fourth-order valence-electron chi connectivity index (χ4n) is 8.45. The SMILES string of the molecule is CN(C)CCOC(=O)C1(C)CCN(C2CCN(C(=O)[C@@H](Cc3cc(Cl)c(N)c(C(F)(F)F)c3)OC(=O)N3CCC(N4CCc5ccccc5NC4=O)CC3)CC2)CC1. The number of esters is 1. The van der Waals surface area contributed by atoms with Gasteiger partial charge in [0.2, 0.25) is 0 Å². The number of halogens is 4. The zero-order valence-electron chi connectivity index (χ0n) is 33.5. The molecule has 0 bridgehead atoms. The van der Waals surface area contributed by atoms with Crippen molar-refractivity contribution in [3.63, 3.8) is 0 Å². The topological polar surface area (TPSA) is 141 Å². The van der Waals surface area contributed by atoms with E-state index in [1.54, 1.807) is 9.80 Å². The third-order valence-corrected chi connectivity index (χ3v) is 12.5. The van der Waals surface area contributed by atoms with E-state index in [1.165, 1.54) is 11.0 Å². The van der Waals surface area contributed by atoms with E-state index in [2.05, 4.69) is 10.2 Å². The number of nitrogen functional groups attached to an aromatic ring is 1. The maximum absolute atomic E-state index is 14.2. The molecule has 4 aliphatic heterocycles. The molecule has 318 valence electrons. The Bertz CT molecular complexity index is 1810. The number of piperidine rings is 3. The van der Waals surface area contributed by atoms with E-state index in [9.17, 15) is 32.3 Å². The standard InChI is InChI=1S/C41H55ClF3N7O6/c1-40(37(54)57-23-22-48(2)3)13-20-49(21-14-40)29-9-15-50(16-10-29)36(53)34(26-27-24-31(41(43,44)45)35(46)32(42)25-27)58-39(56)51-17-11-30(12-18-51)52-19-8-28-6-4-5-7-33(28)47-38(52)55/h4-7,24-25,29-30,34H,8-23,26,46H2,1-3H3,(H,47,55)/t34-/m1/s1. The van der Waals surface area contributed by atoms with Gasteiger partial charge < -0.3 is 45.0 Å². The highest BCUT2D eigenvalue weighted by molar-refractivity contribution is 6.33. The van der Waals surface area contributed by atoms with Crippen LogP contribution in [0.4, 0.5) is 34.1 Å². The number of amides is 4. The number of nitrogens with zero attached hydrogens (tertiary/aromatic N) is 5. The van der Waals surface area contributed by atoms with E-state index in [4.69, 9.17) is 26.8 Å². The fraction of sp³-hybridized carbons (Fsp3) is 0.610. The van der Waals surface area contributed by atoms with Crippen molar-refractivity contribution in [1.82, 2.24) is 24.5 Å². The summed E-state index contributed by atoms with van der Waals surface area (Å²) in [7, 11) is 3.85. The smallest absolute Gasteiger partial charge is 0.418 e. The van der Waals surface area contributed by atoms with Gasteiger partial charge in [-0.2, -0.15) is 13.2 Å². The van der Waals surface area contributed by atoms with Gasteiger partial charge in [-0.3, -0.25) is 9.59 Å². The lowest BCUT2D eigenvalue weighted by Crippen LogP contribution is -2.54. The minimum absolute atomic E-state index is 0.0519. The lowest BCUT2D eigenvalue weighted by atomic mass is 9.79. The molecule has 3 saturated heterocycles. The number of alkyl halides is 3. The number of likely N-dealkylation sites (N-methyl/N-ethyl adjacent to an activating group) is 1. The second-order valence-corrected chi connectivity index (χ2v) is 16.9. The van der Waals surface area contributed by atoms with Crippen LogP contribution in [0.3, 0.4) is 0 Å². The summed E-state index contributed by atoms with van der Waals surface area (Å²) < 4.78 is 53.2. The van der Waals surface area contributed by atoms with E-state index >= 15 is 0 Å². The van der Waals surface area contributed by atoms with E-state index in [-0.39, 0.29) is 54.2 Å². The Kier molecular flexibility index (Phi) is 13.7. The molecular weight excluding hydrogens is 779 g/mol. The van der Waals surface area contributed by atoms with Gasteiger partial charge in [-0.1, -0.05) is 29.8 Å². The summed E-state index contributed by atoms with van der Waals surface area (Å²) in [6, 6.07) is 9.63. The number of para-hydroxylation sites is 1. The average molecular weight is 834 g/mol. The van der Waals surface area contributed by atoms with Gasteiger partial charge in [-0.25, -0.2) is 9.59 Å². The molecule has 58 heavy (non-hydrogen) atoms. The Morgan fingerprint density at radius 1 is 0.966 bits per heavy atom. The van der Waals surface area contributed by atoms with Crippen LogP contribution >= 0.6 is 11.6 Å². The number of rotatable bonds is 10. The Morgan fingerprint density at radius 2 is 1.60 bits per heavy atom. The van der Waals surface area contributed by atoms with Crippen molar-refractivity contribution in [2.45, 2.75) is 82.7 Å². The molecule has 4 amide bonds. The molecule has 4 aliphatic rings. The lowest BCUT2D eigenvalue weighted by molar-refractivity contribution is -0.158. The van der Waals surface area contributed by atoms with Crippen LogP contribution in [0, 0.1) is 5.41 Å². The monoisotopic (exact) mass is 833 g/mol. The molecule has 0 aromatic heterocycles. The van der Waals surface area contributed by atoms with Gasteiger partial charge in [0.25, 0.3) is 5.91 Å². The normalized spacial score (nSPS) is 20.3. The molecule has 2 aromatic rings. The molecule has 3 fully saturated rings. The summed E-state index contributed by atoms with van der Waals surface area (Å²) in [4.78, 5) is 63.1. The molecule has 0 spiro atoms. The highest BCUT2D eigenvalue weighted by Crippen LogP contribution is 2.39. The minimum Gasteiger partial charge on any atom is -0.464 e. The van der Waals surface area contributed by atoms with E-state index < -0.39 is 40.9 Å². The highest BCUT2D eigenvalue weighted by atomic mass is 35.5. The maximum Gasteiger partial charge on any atom is 0.418 e. The quantitative estimate of drug-likeness (QED) is 0.227. The van der Waals surface area contributed by atoms with Crippen LogP contribution in [0.2, 0.25) is 5.02 Å². The fourth-order valence-corrected chi connectivity index (χ4v) is 8.69. The first-order valence-corrected chi connectivity index (χ1v) is 20.5. The van der Waals surface area contributed by atoms with Crippen LogP contribution in [-0.4, -0.2) is 140 Å². The Labute approximate surface area is 342 Å². The van der Waals surface area contributed by atoms with Gasteiger partial charge in [0.05, 0.1) is 21.7 Å². The molecule has 4 heterocycles. The molecule has 1 atom stereocenters. The largest absolute Gasteiger partial charge is 0.464 e.